The average molecular weight is 391 g/mol. The molecule has 1 saturated carbocycles. The predicted molar refractivity (Wildman–Crippen MR) is 114 cm³/mol. The van der Waals surface area contributed by atoms with Crippen LogP contribution in [-0.4, -0.2) is 34.3 Å². The Morgan fingerprint density at radius 3 is 2.07 bits per heavy atom. The Balaban J connectivity index is 1.50. The van der Waals surface area contributed by atoms with Gasteiger partial charge in [0.2, 0.25) is 0 Å². The van der Waals surface area contributed by atoms with Gasteiger partial charge in [0, 0.05) is 6.54 Å². The second-order valence-corrected chi connectivity index (χ2v) is 8.39. The summed E-state index contributed by atoms with van der Waals surface area (Å²) < 4.78 is 0. The fourth-order valence-electron chi connectivity index (χ4n) is 4.69. The first-order valence-electron chi connectivity index (χ1n) is 10.9. The molecular weight excluding hydrogens is 360 g/mol. The number of hydrogen-bond acceptors (Lipinski definition) is 2. The van der Waals surface area contributed by atoms with Crippen LogP contribution in [0.4, 0.5) is 4.79 Å². The molecule has 1 heterocycles. The van der Waals surface area contributed by atoms with E-state index >= 15 is 0 Å². The van der Waals surface area contributed by atoms with Gasteiger partial charge in [-0.2, -0.15) is 0 Å². The third kappa shape index (κ3) is 4.69. The monoisotopic (exact) mass is 390 g/mol. The highest BCUT2D eigenvalue weighted by Crippen LogP contribution is 2.30. The smallest absolute Gasteiger partial charge is 0.312 e. The number of nitrogens with zero attached hydrogens (tertiary/aromatic N) is 2. The molecule has 1 unspecified atom stereocenters. The van der Waals surface area contributed by atoms with E-state index in [4.69, 9.17) is 0 Å². The topological polar surface area (TPSA) is 40.6 Å². The molecule has 4 rings (SSSR count). The normalized spacial score (nSPS) is 20.5. The van der Waals surface area contributed by atoms with E-state index in [-0.39, 0.29) is 18.0 Å². The maximum atomic E-state index is 13.3. The number of carbonyl (C=O) groups is 2. The number of amides is 3. The van der Waals surface area contributed by atoms with Gasteiger partial charge in [0.1, 0.15) is 6.04 Å². The third-order valence-corrected chi connectivity index (χ3v) is 6.32. The summed E-state index contributed by atoms with van der Waals surface area (Å²) in [6.45, 7) is 1.08. The number of aryl methyl sites for hydroxylation is 1. The lowest BCUT2D eigenvalue weighted by Crippen LogP contribution is -2.39. The van der Waals surface area contributed by atoms with Crippen LogP contribution in [0, 0.1) is 5.92 Å². The summed E-state index contributed by atoms with van der Waals surface area (Å²) in [6.07, 6.45) is 7.61. The number of urea groups is 1. The molecule has 2 aromatic carbocycles. The summed E-state index contributed by atoms with van der Waals surface area (Å²) in [6, 6.07) is 19.6. The van der Waals surface area contributed by atoms with Gasteiger partial charge in [0.15, 0.2) is 0 Å². The van der Waals surface area contributed by atoms with E-state index in [9.17, 15) is 9.59 Å². The molecule has 4 heteroatoms. The molecule has 3 amide bonds. The van der Waals surface area contributed by atoms with Crippen LogP contribution in [0.15, 0.2) is 60.7 Å². The maximum Gasteiger partial charge on any atom is 0.327 e. The van der Waals surface area contributed by atoms with Gasteiger partial charge in [0.05, 0.1) is 6.54 Å². The highest BCUT2D eigenvalue weighted by atomic mass is 16.2. The molecule has 2 aromatic rings. The van der Waals surface area contributed by atoms with E-state index in [2.05, 4.69) is 12.1 Å². The largest absolute Gasteiger partial charge is 0.327 e. The fourth-order valence-corrected chi connectivity index (χ4v) is 4.69. The number of imide groups is 1. The van der Waals surface area contributed by atoms with E-state index in [1.165, 1.54) is 42.6 Å². The predicted octanol–water partition coefficient (Wildman–Crippen LogP) is 5.03. The number of hydrogen-bond donors (Lipinski definition) is 0. The lowest BCUT2D eigenvalue weighted by atomic mass is 9.88. The van der Waals surface area contributed by atoms with Gasteiger partial charge in [-0.15, -0.1) is 0 Å². The Hall–Kier alpha value is -2.62. The zero-order valence-corrected chi connectivity index (χ0v) is 17.0. The second-order valence-electron chi connectivity index (χ2n) is 8.39. The van der Waals surface area contributed by atoms with Crippen molar-refractivity contribution in [2.75, 3.05) is 6.54 Å². The molecule has 1 atom stereocenters. The van der Waals surface area contributed by atoms with Crippen LogP contribution in [0.5, 0.6) is 0 Å². The van der Waals surface area contributed by atoms with Crippen molar-refractivity contribution in [2.24, 2.45) is 5.92 Å². The van der Waals surface area contributed by atoms with Crippen molar-refractivity contribution in [2.45, 2.75) is 57.5 Å². The molecule has 1 aliphatic carbocycles. The number of carbonyl (C=O) groups excluding carboxylic acids is 2. The molecule has 0 bridgehead atoms. The zero-order valence-electron chi connectivity index (χ0n) is 17.0. The Labute approximate surface area is 173 Å². The molecule has 2 aliphatic rings. The highest BCUT2D eigenvalue weighted by Gasteiger charge is 2.45. The van der Waals surface area contributed by atoms with Crippen LogP contribution in [0.25, 0.3) is 0 Å². The van der Waals surface area contributed by atoms with Crippen molar-refractivity contribution < 1.29 is 9.59 Å². The molecule has 152 valence electrons. The van der Waals surface area contributed by atoms with Crippen molar-refractivity contribution in [3.8, 4) is 0 Å². The molecule has 0 N–H and O–H groups in total. The van der Waals surface area contributed by atoms with Crippen LogP contribution < -0.4 is 0 Å². The molecule has 2 fully saturated rings. The molecular formula is C25H30N2O2. The molecule has 0 radical (unpaired) electrons. The van der Waals surface area contributed by atoms with E-state index in [0.717, 1.165) is 18.5 Å². The lowest BCUT2D eigenvalue weighted by molar-refractivity contribution is -0.128. The minimum atomic E-state index is -0.339. The minimum Gasteiger partial charge on any atom is -0.312 e. The van der Waals surface area contributed by atoms with Crippen LogP contribution >= 0.6 is 0 Å². The average Bonchev–Trinajstić information content (AvgIpc) is 2.98. The quantitative estimate of drug-likeness (QED) is 0.622. The second kappa shape index (κ2) is 9.25. The summed E-state index contributed by atoms with van der Waals surface area (Å²) in [4.78, 5) is 29.8. The summed E-state index contributed by atoms with van der Waals surface area (Å²) >= 11 is 0. The highest BCUT2D eigenvalue weighted by molar-refractivity contribution is 6.04. The number of benzene rings is 2. The van der Waals surface area contributed by atoms with E-state index in [0.29, 0.717) is 18.9 Å². The van der Waals surface area contributed by atoms with Gasteiger partial charge in [-0.25, -0.2) is 4.79 Å². The van der Waals surface area contributed by atoms with Crippen molar-refractivity contribution in [1.29, 1.82) is 0 Å². The fraction of sp³-hybridized carbons (Fsp3) is 0.440. The van der Waals surface area contributed by atoms with Gasteiger partial charge >= 0.3 is 6.03 Å². The maximum absolute atomic E-state index is 13.3. The molecule has 1 saturated heterocycles. The molecule has 0 aromatic heterocycles. The van der Waals surface area contributed by atoms with Crippen LogP contribution in [0.3, 0.4) is 0 Å². The summed E-state index contributed by atoms with van der Waals surface area (Å²) in [7, 11) is 0. The first kappa shape index (κ1) is 19.7. The first-order chi connectivity index (χ1) is 14.2. The first-order valence-corrected chi connectivity index (χ1v) is 10.9. The van der Waals surface area contributed by atoms with Crippen LogP contribution in [-0.2, 0) is 17.8 Å². The SMILES string of the molecule is O=C1C(CCc2ccccc2)N(CC2CCCCC2)C(=O)N1Cc1ccccc1. The van der Waals surface area contributed by atoms with Crippen LogP contribution in [0.1, 0.15) is 49.7 Å². The summed E-state index contributed by atoms with van der Waals surface area (Å²) in [5, 5.41) is 0. The van der Waals surface area contributed by atoms with Crippen molar-refractivity contribution >= 4 is 11.9 Å². The Morgan fingerprint density at radius 1 is 0.793 bits per heavy atom. The van der Waals surface area contributed by atoms with Crippen molar-refractivity contribution in [1.82, 2.24) is 9.80 Å². The Bertz CT molecular complexity index is 815. The van der Waals surface area contributed by atoms with E-state index < -0.39 is 0 Å². The van der Waals surface area contributed by atoms with E-state index in [1.54, 1.807) is 0 Å². The third-order valence-electron chi connectivity index (χ3n) is 6.32. The Morgan fingerprint density at radius 2 is 1.41 bits per heavy atom. The van der Waals surface area contributed by atoms with Gasteiger partial charge < -0.3 is 4.90 Å². The van der Waals surface area contributed by atoms with Gasteiger partial charge in [-0.05, 0) is 42.7 Å². The van der Waals surface area contributed by atoms with Crippen molar-refractivity contribution in [3.05, 3.63) is 71.8 Å². The van der Waals surface area contributed by atoms with Gasteiger partial charge in [-0.1, -0.05) is 79.9 Å². The summed E-state index contributed by atoms with van der Waals surface area (Å²) in [5.74, 6) is 0.488. The van der Waals surface area contributed by atoms with Gasteiger partial charge in [0.25, 0.3) is 5.91 Å². The van der Waals surface area contributed by atoms with Crippen LogP contribution in [0.2, 0.25) is 0 Å². The minimum absolute atomic E-state index is 0.0365. The van der Waals surface area contributed by atoms with Crippen molar-refractivity contribution in [3.63, 3.8) is 0 Å². The zero-order chi connectivity index (χ0) is 20.1. The Kier molecular flexibility index (Phi) is 6.28. The lowest BCUT2D eigenvalue weighted by Gasteiger charge is -2.29. The number of rotatable bonds is 7. The van der Waals surface area contributed by atoms with E-state index in [1.807, 2.05) is 53.4 Å². The standard InChI is InChI=1S/C25H30N2O2/c28-24-23(17-16-20-10-4-1-5-11-20)26(18-21-12-6-2-7-13-21)25(29)27(24)19-22-14-8-3-9-15-22/h1,3-5,8-11,14-15,21,23H,2,6-7,12-13,16-19H2. The molecule has 4 nitrogen and oxygen atoms in total. The molecule has 1 aliphatic heterocycles. The molecule has 29 heavy (non-hydrogen) atoms. The van der Waals surface area contributed by atoms with Gasteiger partial charge in [-0.3, -0.25) is 9.69 Å². The summed E-state index contributed by atoms with van der Waals surface area (Å²) in [5.41, 5.74) is 2.21. The molecule has 0 spiro atoms.